The maximum atomic E-state index is 9.70. The molecule has 0 atom stereocenters. The Morgan fingerprint density at radius 2 is 1.52 bits per heavy atom. The minimum atomic E-state index is 0.256. The van der Waals surface area contributed by atoms with Crippen LogP contribution in [0.5, 0.6) is 5.75 Å². The van der Waals surface area contributed by atoms with Gasteiger partial charge in [0.25, 0.3) is 0 Å². The molecule has 0 bridgehead atoms. The van der Waals surface area contributed by atoms with Crippen LogP contribution >= 0.6 is 0 Å². The maximum Gasteiger partial charge on any atom is 0.142 e. The molecule has 2 N–H and O–H groups in total. The van der Waals surface area contributed by atoms with Gasteiger partial charge in [-0.1, -0.05) is 88.8 Å². The Kier molecular flexibility index (Phi) is 9.32. The molecule has 1 aromatic heterocycles. The summed E-state index contributed by atoms with van der Waals surface area (Å²) in [5.41, 5.74) is 11.4. The van der Waals surface area contributed by atoms with Crippen molar-refractivity contribution in [2.75, 3.05) is 12.3 Å². The third-order valence-electron chi connectivity index (χ3n) is 5.88. The van der Waals surface area contributed by atoms with Gasteiger partial charge in [-0.25, -0.2) is 4.98 Å². The summed E-state index contributed by atoms with van der Waals surface area (Å²) in [5.74, 6) is 1.10. The average Bonchev–Trinajstić information content (AvgIpc) is 2.84. The molecule has 2 aromatic carbocycles. The fourth-order valence-corrected chi connectivity index (χ4v) is 3.99. The number of aryl methyl sites for hydroxylation is 1. The monoisotopic (exact) mass is 441 g/mol. The van der Waals surface area contributed by atoms with Gasteiger partial charge >= 0.3 is 0 Å². The van der Waals surface area contributed by atoms with Crippen LogP contribution in [0.15, 0.2) is 54.6 Å². The molecule has 0 aliphatic carbocycles. The van der Waals surface area contributed by atoms with Crippen LogP contribution in [0.4, 0.5) is 5.82 Å². The highest BCUT2D eigenvalue weighted by molar-refractivity contribution is 5.80. The van der Waals surface area contributed by atoms with Crippen LogP contribution < -0.4 is 10.5 Å². The van der Waals surface area contributed by atoms with Crippen LogP contribution in [0, 0.1) is 11.3 Å². The molecule has 0 aliphatic rings. The Bertz CT molecular complexity index is 1050. The van der Waals surface area contributed by atoms with E-state index in [4.69, 9.17) is 10.5 Å². The normalized spacial score (nSPS) is 10.7. The van der Waals surface area contributed by atoms with Gasteiger partial charge in [0.05, 0.1) is 12.3 Å². The van der Waals surface area contributed by atoms with Crippen molar-refractivity contribution in [1.29, 1.82) is 5.26 Å². The topological polar surface area (TPSA) is 71.9 Å². The van der Waals surface area contributed by atoms with E-state index < -0.39 is 0 Å². The summed E-state index contributed by atoms with van der Waals surface area (Å²) in [6.45, 7) is 5.14. The van der Waals surface area contributed by atoms with Crippen molar-refractivity contribution in [1.82, 2.24) is 4.98 Å². The molecule has 0 radical (unpaired) electrons. The van der Waals surface area contributed by atoms with Crippen molar-refractivity contribution < 1.29 is 4.74 Å². The smallest absolute Gasteiger partial charge is 0.142 e. The number of nitrogens with zero attached hydrogens (tertiary/aromatic N) is 2. The molecule has 1 heterocycles. The Balaban J connectivity index is 1.73. The second-order valence-electron chi connectivity index (χ2n) is 8.51. The first-order valence-corrected chi connectivity index (χ1v) is 12.2. The van der Waals surface area contributed by atoms with E-state index in [0.29, 0.717) is 5.56 Å². The number of nitrogen functional groups attached to an aromatic ring is 1. The van der Waals surface area contributed by atoms with Gasteiger partial charge in [0.15, 0.2) is 0 Å². The number of hydrogen-bond acceptors (Lipinski definition) is 4. The van der Waals surface area contributed by atoms with Crippen LogP contribution in [-0.2, 0) is 6.42 Å². The zero-order valence-electron chi connectivity index (χ0n) is 19.9. The molecule has 3 aromatic rings. The van der Waals surface area contributed by atoms with Crippen LogP contribution in [0.1, 0.15) is 69.9 Å². The minimum Gasteiger partial charge on any atom is -0.494 e. The number of rotatable bonds is 12. The lowest BCUT2D eigenvalue weighted by atomic mass is 9.98. The largest absolute Gasteiger partial charge is 0.494 e. The lowest BCUT2D eigenvalue weighted by Gasteiger charge is -2.12. The third-order valence-corrected chi connectivity index (χ3v) is 5.88. The van der Waals surface area contributed by atoms with E-state index in [2.05, 4.69) is 49.2 Å². The first-order valence-electron chi connectivity index (χ1n) is 12.2. The van der Waals surface area contributed by atoms with Crippen LogP contribution in [0.2, 0.25) is 0 Å². The lowest BCUT2D eigenvalue weighted by Crippen LogP contribution is -2.00. The number of nitrogens with two attached hydrogens (primary N) is 1. The highest BCUT2D eigenvalue weighted by atomic mass is 16.5. The maximum absolute atomic E-state index is 9.70. The van der Waals surface area contributed by atoms with Gasteiger partial charge in [-0.3, -0.25) is 0 Å². The second kappa shape index (κ2) is 12.6. The van der Waals surface area contributed by atoms with E-state index in [1.165, 1.54) is 37.7 Å². The van der Waals surface area contributed by atoms with E-state index >= 15 is 0 Å². The standard InChI is InChI=1S/C29H35N3O/c1-3-5-6-7-8-9-19-33-25-17-15-23(16-18-25)26-20-28(32-29(31)27(26)21-30)24-13-11-22(10-4-2)12-14-24/h11-18,20H,3-10,19H2,1-2H3,(H2,31,32). The zero-order chi connectivity index (χ0) is 23.5. The van der Waals surface area contributed by atoms with Crippen molar-refractivity contribution in [3.8, 4) is 34.2 Å². The summed E-state index contributed by atoms with van der Waals surface area (Å²) in [6, 6.07) is 20.5. The Hall–Kier alpha value is -3.32. The molecule has 0 unspecified atom stereocenters. The number of nitriles is 1. The SMILES string of the molecule is CCCCCCCCOc1ccc(-c2cc(-c3ccc(CCC)cc3)nc(N)c2C#N)cc1. The predicted octanol–water partition coefficient (Wildman–Crippen LogP) is 7.56. The molecule has 0 fully saturated rings. The molecule has 4 nitrogen and oxygen atoms in total. The average molecular weight is 442 g/mol. The third kappa shape index (κ3) is 6.83. The molecule has 0 saturated heterocycles. The molecule has 0 saturated carbocycles. The number of pyridine rings is 1. The Labute approximate surface area is 198 Å². The van der Waals surface area contributed by atoms with Gasteiger partial charge in [-0.05, 0) is 42.2 Å². The first kappa shape index (κ1) is 24.3. The molecule has 0 aliphatic heterocycles. The van der Waals surface area contributed by atoms with E-state index in [9.17, 15) is 5.26 Å². The van der Waals surface area contributed by atoms with Gasteiger partial charge in [0.1, 0.15) is 23.2 Å². The minimum absolute atomic E-state index is 0.256. The number of ether oxygens (including phenoxy) is 1. The van der Waals surface area contributed by atoms with Crippen molar-refractivity contribution in [3.05, 3.63) is 65.7 Å². The van der Waals surface area contributed by atoms with Crippen LogP contribution in [-0.4, -0.2) is 11.6 Å². The van der Waals surface area contributed by atoms with Crippen molar-refractivity contribution in [2.45, 2.75) is 65.2 Å². The molecule has 33 heavy (non-hydrogen) atoms. The highest BCUT2D eigenvalue weighted by Crippen LogP contribution is 2.32. The van der Waals surface area contributed by atoms with E-state index in [0.717, 1.165) is 54.0 Å². The first-order chi connectivity index (χ1) is 16.2. The van der Waals surface area contributed by atoms with Crippen molar-refractivity contribution in [2.24, 2.45) is 0 Å². The summed E-state index contributed by atoms with van der Waals surface area (Å²) < 4.78 is 5.91. The van der Waals surface area contributed by atoms with E-state index in [1.54, 1.807) is 0 Å². The molecule has 172 valence electrons. The van der Waals surface area contributed by atoms with Gasteiger partial charge < -0.3 is 10.5 Å². The molecule has 3 rings (SSSR count). The van der Waals surface area contributed by atoms with Crippen molar-refractivity contribution in [3.63, 3.8) is 0 Å². The molecule has 0 spiro atoms. The van der Waals surface area contributed by atoms with Gasteiger partial charge in [-0.15, -0.1) is 0 Å². The van der Waals surface area contributed by atoms with E-state index in [1.807, 2.05) is 30.3 Å². The van der Waals surface area contributed by atoms with Crippen LogP contribution in [0.3, 0.4) is 0 Å². The second-order valence-corrected chi connectivity index (χ2v) is 8.51. The fourth-order valence-electron chi connectivity index (χ4n) is 3.99. The molecule has 0 amide bonds. The molecular formula is C29H35N3O. The van der Waals surface area contributed by atoms with Gasteiger partial charge in [0, 0.05) is 11.1 Å². The lowest BCUT2D eigenvalue weighted by molar-refractivity contribution is 0.304. The summed E-state index contributed by atoms with van der Waals surface area (Å²) in [6.07, 6.45) is 9.64. The molecule has 4 heteroatoms. The van der Waals surface area contributed by atoms with Gasteiger partial charge in [0.2, 0.25) is 0 Å². The van der Waals surface area contributed by atoms with E-state index in [-0.39, 0.29) is 5.82 Å². The Morgan fingerprint density at radius 1 is 0.848 bits per heavy atom. The number of unbranched alkanes of at least 4 members (excludes halogenated alkanes) is 5. The molecular weight excluding hydrogens is 406 g/mol. The quantitative estimate of drug-likeness (QED) is 0.294. The summed E-state index contributed by atoms with van der Waals surface area (Å²) >= 11 is 0. The number of benzene rings is 2. The highest BCUT2D eigenvalue weighted by Gasteiger charge is 2.14. The number of anilines is 1. The summed E-state index contributed by atoms with van der Waals surface area (Å²) in [4.78, 5) is 4.50. The summed E-state index contributed by atoms with van der Waals surface area (Å²) in [5, 5.41) is 9.70. The van der Waals surface area contributed by atoms with Crippen molar-refractivity contribution >= 4 is 5.82 Å². The zero-order valence-corrected chi connectivity index (χ0v) is 19.9. The fraction of sp³-hybridized carbons (Fsp3) is 0.379. The predicted molar refractivity (Wildman–Crippen MR) is 137 cm³/mol. The number of hydrogen-bond donors (Lipinski definition) is 1. The van der Waals surface area contributed by atoms with Crippen LogP contribution in [0.25, 0.3) is 22.4 Å². The Morgan fingerprint density at radius 3 is 2.18 bits per heavy atom. The summed E-state index contributed by atoms with van der Waals surface area (Å²) in [7, 11) is 0. The number of aromatic nitrogens is 1. The van der Waals surface area contributed by atoms with Gasteiger partial charge in [-0.2, -0.15) is 5.26 Å².